The van der Waals surface area contributed by atoms with E-state index in [0.717, 1.165) is 61.1 Å². The lowest BCUT2D eigenvalue weighted by Gasteiger charge is -2.31. The molecule has 0 unspecified atom stereocenters. The molecule has 0 N–H and O–H groups in total. The standard InChI is InChI=1S/C39H28Br2N2O3S/c1-45-28-13-7-11-26(21-28)36-31-17-16-25-9-3-5-15-30(25)35(31)42-39-43(36)38(44)34(47-39)20-23-18-32(40)37(33(41)19-23)46-22-27-12-6-10-24-8-2-4-14-29(24)27/h2-15,18-21,36H,16-17,22H2,1H3/b34-20-/t36-/m1/s1. The first-order valence-electron chi connectivity index (χ1n) is 15.3. The quantitative estimate of drug-likeness (QED) is 0.171. The van der Waals surface area contributed by atoms with Crippen molar-refractivity contribution in [3.8, 4) is 11.5 Å². The molecule has 1 aliphatic carbocycles. The highest BCUT2D eigenvalue weighted by Gasteiger charge is 2.32. The molecule has 0 amide bonds. The van der Waals surface area contributed by atoms with Crippen molar-refractivity contribution in [2.24, 2.45) is 4.99 Å². The van der Waals surface area contributed by atoms with Crippen molar-refractivity contribution in [2.75, 3.05) is 7.11 Å². The Bertz CT molecular complexity index is 2400. The fourth-order valence-corrected chi connectivity index (χ4v) is 9.11. The summed E-state index contributed by atoms with van der Waals surface area (Å²) in [6.07, 6.45) is 3.68. The summed E-state index contributed by atoms with van der Waals surface area (Å²) in [4.78, 5) is 20.1. The van der Waals surface area contributed by atoms with Gasteiger partial charge in [-0.15, -0.1) is 0 Å². The summed E-state index contributed by atoms with van der Waals surface area (Å²) in [5.74, 6) is 1.47. The van der Waals surface area contributed by atoms with E-state index in [0.29, 0.717) is 21.7 Å². The molecule has 2 heterocycles. The summed E-state index contributed by atoms with van der Waals surface area (Å²) in [6.45, 7) is 0.425. The number of methoxy groups -OCH3 is 1. The zero-order valence-corrected chi connectivity index (χ0v) is 29.4. The molecule has 0 spiro atoms. The van der Waals surface area contributed by atoms with Crippen LogP contribution < -0.4 is 24.4 Å². The van der Waals surface area contributed by atoms with Gasteiger partial charge >= 0.3 is 0 Å². The zero-order chi connectivity index (χ0) is 32.1. The molecule has 47 heavy (non-hydrogen) atoms. The van der Waals surface area contributed by atoms with Crippen LogP contribution in [-0.2, 0) is 13.0 Å². The fourth-order valence-electron chi connectivity index (χ4n) is 6.65. The molecule has 8 rings (SSSR count). The lowest BCUT2D eigenvalue weighted by atomic mass is 9.83. The third-order valence-corrected chi connectivity index (χ3v) is 11.0. The van der Waals surface area contributed by atoms with Gasteiger partial charge in [0.1, 0.15) is 18.1 Å². The summed E-state index contributed by atoms with van der Waals surface area (Å²) in [5.41, 5.74) is 7.51. The smallest absolute Gasteiger partial charge is 0.271 e. The Morgan fingerprint density at radius 3 is 2.53 bits per heavy atom. The van der Waals surface area contributed by atoms with Crippen molar-refractivity contribution in [1.29, 1.82) is 0 Å². The third-order valence-electron chi connectivity index (χ3n) is 8.85. The first-order chi connectivity index (χ1) is 23.0. The first kappa shape index (κ1) is 30.1. The van der Waals surface area contributed by atoms with Gasteiger partial charge in [0.2, 0.25) is 0 Å². The molecule has 6 aromatic rings. The number of ether oxygens (including phenoxy) is 2. The number of aromatic nitrogens is 1. The van der Waals surface area contributed by atoms with E-state index in [1.807, 2.05) is 53.1 Å². The van der Waals surface area contributed by atoms with Crippen LogP contribution in [0.15, 0.2) is 127 Å². The molecule has 232 valence electrons. The van der Waals surface area contributed by atoms with E-state index < -0.39 is 0 Å². The van der Waals surface area contributed by atoms with Crippen molar-refractivity contribution >= 4 is 65.7 Å². The average molecular weight is 765 g/mol. The Kier molecular flexibility index (Phi) is 7.95. The molecule has 0 bridgehead atoms. The van der Waals surface area contributed by atoms with E-state index in [1.54, 1.807) is 7.11 Å². The molecular formula is C39H28Br2N2O3S. The Morgan fingerprint density at radius 2 is 1.68 bits per heavy atom. The molecule has 0 fully saturated rings. The number of halogens is 2. The van der Waals surface area contributed by atoms with Gasteiger partial charge in [-0.3, -0.25) is 9.36 Å². The number of aryl methyl sites for hydroxylation is 1. The predicted octanol–water partition coefficient (Wildman–Crippen LogP) is 8.58. The highest BCUT2D eigenvalue weighted by Crippen LogP contribution is 2.42. The van der Waals surface area contributed by atoms with E-state index in [4.69, 9.17) is 14.5 Å². The monoisotopic (exact) mass is 762 g/mol. The van der Waals surface area contributed by atoms with Crippen LogP contribution in [0.5, 0.6) is 11.5 Å². The molecule has 0 saturated carbocycles. The highest BCUT2D eigenvalue weighted by atomic mass is 79.9. The minimum Gasteiger partial charge on any atom is -0.497 e. The van der Waals surface area contributed by atoms with Crippen LogP contribution in [0.4, 0.5) is 0 Å². The molecule has 8 heteroatoms. The van der Waals surface area contributed by atoms with Gasteiger partial charge in [0.25, 0.3) is 5.56 Å². The van der Waals surface area contributed by atoms with Crippen molar-refractivity contribution in [2.45, 2.75) is 25.5 Å². The molecule has 1 aromatic heterocycles. The number of allylic oxidation sites excluding steroid dienone is 1. The summed E-state index contributed by atoms with van der Waals surface area (Å²) in [6, 6.07) is 34.8. The normalized spacial score (nSPS) is 15.6. The van der Waals surface area contributed by atoms with Crippen molar-refractivity contribution < 1.29 is 9.47 Å². The topological polar surface area (TPSA) is 52.8 Å². The number of hydrogen-bond acceptors (Lipinski definition) is 5. The summed E-state index contributed by atoms with van der Waals surface area (Å²) in [5, 5.41) is 2.36. The van der Waals surface area contributed by atoms with E-state index in [-0.39, 0.29) is 11.6 Å². The maximum absolute atomic E-state index is 14.3. The number of hydrogen-bond donors (Lipinski definition) is 0. The van der Waals surface area contributed by atoms with Crippen LogP contribution in [0.25, 0.3) is 22.5 Å². The largest absolute Gasteiger partial charge is 0.497 e. The molecular weight excluding hydrogens is 736 g/mol. The lowest BCUT2D eigenvalue weighted by molar-refractivity contribution is 0.303. The van der Waals surface area contributed by atoms with Gasteiger partial charge in [0.15, 0.2) is 4.80 Å². The number of fused-ring (bicyclic) bond motifs is 4. The van der Waals surface area contributed by atoms with Crippen LogP contribution in [0.3, 0.4) is 0 Å². The van der Waals surface area contributed by atoms with E-state index in [1.165, 1.54) is 27.7 Å². The Balaban J connectivity index is 1.20. The summed E-state index contributed by atoms with van der Waals surface area (Å²) >= 11 is 8.88. The van der Waals surface area contributed by atoms with Gasteiger partial charge in [-0.25, -0.2) is 4.99 Å². The van der Waals surface area contributed by atoms with Crippen LogP contribution in [0, 0.1) is 0 Å². The van der Waals surface area contributed by atoms with Gasteiger partial charge < -0.3 is 9.47 Å². The first-order valence-corrected chi connectivity index (χ1v) is 17.7. The maximum atomic E-state index is 14.3. The van der Waals surface area contributed by atoms with Crippen molar-refractivity contribution in [1.82, 2.24) is 4.57 Å². The second kappa shape index (κ2) is 12.4. The van der Waals surface area contributed by atoms with Gasteiger partial charge in [-0.1, -0.05) is 90.2 Å². The Hall–Kier alpha value is -4.24. The van der Waals surface area contributed by atoms with Crippen LogP contribution in [0.2, 0.25) is 0 Å². The van der Waals surface area contributed by atoms with Gasteiger partial charge in [0.05, 0.1) is 32.3 Å². The van der Waals surface area contributed by atoms with Crippen LogP contribution in [-0.4, -0.2) is 11.7 Å². The SMILES string of the molecule is COc1cccc([C@@H]2C3=C(N=c4s/c(=C\c5cc(Br)c(OCc6cccc7ccccc67)c(Br)c5)c(=O)n42)c2ccccc2CC3)c1. The van der Waals surface area contributed by atoms with Crippen LogP contribution in [0.1, 0.15) is 40.3 Å². The average Bonchev–Trinajstić information content (AvgIpc) is 3.40. The minimum atomic E-state index is -0.268. The second-order valence-electron chi connectivity index (χ2n) is 11.6. The number of nitrogens with zero attached hydrogens (tertiary/aromatic N) is 2. The van der Waals surface area contributed by atoms with Gasteiger partial charge in [0, 0.05) is 5.56 Å². The predicted molar refractivity (Wildman–Crippen MR) is 196 cm³/mol. The van der Waals surface area contributed by atoms with E-state index in [2.05, 4.69) is 92.5 Å². The highest BCUT2D eigenvalue weighted by molar-refractivity contribution is 9.11. The molecule has 1 aliphatic heterocycles. The van der Waals surface area contributed by atoms with E-state index in [9.17, 15) is 4.79 Å². The molecule has 5 nitrogen and oxygen atoms in total. The third kappa shape index (κ3) is 5.48. The Labute approximate surface area is 292 Å². The molecule has 2 aliphatic rings. The number of benzene rings is 5. The van der Waals surface area contributed by atoms with Gasteiger partial charge in [-0.05, 0) is 114 Å². The Morgan fingerprint density at radius 1 is 0.915 bits per heavy atom. The number of thiazole rings is 1. The lowest BCUT2D eigenvalue weighted by Crippen LogP contribution is -2.38. The van der Waals surface area contributed by atoms with Gasteiger partial charge in [-0.2, -0.15) is 0 Å². The second-order valence-corrected chi connectivity index (χ2v) is 14.3. The number of rotatable bonds is 6. The zero-order valence-electron chi connectivity index (χ0n) is 25.4. The molecule has 0 saturated heterocycles. The molecule has 1 atom stereocenters. The maximum Gasteiger partial charge on any atom is 0.271 e. The molecule has 5 aromatic carbocycles. The summed E-state index contributed by atoms with van der Waals surface area (Å²) in [7, 11) is 1.67. The molecule has 0 radical (unpaired) electrons. The minimum absolute atomic E-state index is 0.0597. The summed E-state index contributed by atoms with van der Waals surface area (Å²) < 4.78 is 16.0. The van der Waals surface area contributed by atoms with Crippen molar-refractivity contribution in [3.05, 3.63) is 165 Å². The fraction of sp³-hybridized carbons (Fsp3) is 0.128. The van der Waals surface area contributed by atoms with E-state index >= 15 is 0 Å². The van der Waals surface area contributed by atoms with Crippen LogP contribution >= 0.6 is 43.2 Å². The van der Waals surface area contributed by atoms with Crippen molar-refractivity contribution in [3.63, 3.8) is 0 Å².